The molecule has 0 heterocycles. The van der Waals surface area contributed by atoms with Crippen LogP contribution >= 0.6 is 12.6 Å². The molecule has 100 valence electrons. The van der Waals surface area contributed by atoms with Crippen LogP contribution in [0, 0.1) is 0 Å². The number of benzene rings is 1. The number of amides is 1. The van der Waals surface area contributed by atoms with Crippen LogP contribution in [-0.4, -0.2) is 25.2 Å². The zero-order valence-corrected chi connectivity index (χ0v) is 11.9. The molecule has 1 aromatic rings. The molecule has 0 spiro atoms. The second kappa shape index (κ2) is 8.16. The number of hydrogen-bond donors (Lipinski definition) is 2. The summed E-state index contributed by atoms with van der Waals surface area (Å²) in [5.41, 5.74) is 0.672. The normalized spacial score (nSPS) is 10.7. The van der Waals surface area contributed by atoms with Crippen LogP contribution < -0.4 is 5.32 Å². The predicted molar refractivity (Wildman–Crippen MR) is 76.3 cm³/mol. The molecule has 0 fully saturated rings. The van der Waals surface area contributed by atoms with Gasteiger partial charge in [-0.05, 0) is 51.0 Å². The molecule has 3 nitrogen and oxygen atoms in total. The first kappa shape index (κ1) is 15.1. The molecule has 0 atom stereocenters. The lowest BCUT2D eigenvalue weighted by Crippen LogP contribution is -2.24. The third kappa shape index (κ3) is 6.07. The number of hydrogen-bond acceptors (Lipinski definition) is 3. The van der Waals surface area contributed by atoms with Crippen LogP contribution in [0.25, 0.3) is 0 Å². The lowest BCUT2D eigenvalue weighted by molar-refractivity contribution is 0.0754. The van der Waals surface area contributed by atoms with E-state index < -0.39 is 0 Å². The highest BCUT2D eigenvalue weighted by Gasteiger charge is 2.03. The fourth-order valence-corrected chi connectivity index (χ4v) is 1.61. The third-order valence-electron chi connectivity index (χ3n) is 2.44. The van der Waals surface area contributed by atoms with Crippen molar-refractivity contribution in [2.75, 3.05) is 13.2 Å². The van der Waals surface area contributed by atoms with Crippen LogP contribution in [0.15, 0.2) is 29.2 Å². The number of unbranched alkanes of at least 4 members (excludes halogenated alkanes) is 1. The van der Waals surface area contributed by atoms with Crippen LogP contribution in [0.4, 0.5) is 0 Å². The van der Waals surface area contributed by atoms with Crippen molar-refractivity contribution in [3.63, 3.8) is 0 Å². The fourth-order valence-electron chi connectivity index (χ4n) is 1.46. The first-order valence-electron chi connectivity index (χ1n) is 6.28. The topological polar surface area (TPSA) is 38.3 Å². The summed E-state index contributed by atoms with van der Waals surface area (Å²) in [7, 11) is 0. The molecule has 0 saturated carbocycles. The largest absolute Gasteiger partial charge is 0.379 e. The quantitative estimate of drug-likeness (QED) is 0.589. The Hall–Kier alpha value is -1.00. The van der Waals surface area contributed by atoms with Gasteiger partial charge in [-0.25, -0.2) is 0 Å². The summed E-state index contributed by atoms with van der Waals surface area (Å²) >= 11 is 4.18. The van der Waals surface area contributed by atoms with Gasteiger partial charge < -0.3 is 10.1 Å². The molecule has 0 radical (unpaired) electrons. The van der Waals surface area contributed by atoms with Gasteiger partial charge in [0.2, 0.25) is 0 Å². The minimum absolute atomic E-state index is 0.0342. The molecule has 1 N–H and O–H groups in total. The van der Waals surface area contributed by atoms with Crippen molar-refractivity contribution in [3.8, 4) is 0 Å². The zero-order chi connectivity index (χ0) is 13.4. The highest BCUT2D eigenvalue weighted by atomic mass is 32.1. The lowest BCUT2D eigenvalue weighted by atomic mass is 10.2. The number of carbonyl (C=O) groups excluding carboxylic acids is 1. The maximum absolute atomic E-state index is 11.7. The summed E-state index contributed by atoms with van der Waals surface area (Å²) in [6.07, 6.45) is 2.18. The third-order valence-corrected chi connectivity index (χ3v) is 2.74. The van der Waals surface area contributed by atoms with Crippen molar-refractivity contribution < 1.29 is 9.53 Å². The van der Waals surface area contributed by atoms with Crippen molar-refractivity contribution >= 4 is 18.5 Å². The standard InChI is InChI=1S/C14H21NO2S/c1-11(2)17-10-4-3-9-15-14(16)12-5-7-13(18)8-6-12/h5-8,11,18H,3-4,9-10H2,1-2H3,(H,15,16). The highest BCUT2D eigenvalue weighted by Crippen LogP contribution is 2.07. The molecule has 0 aliphatic heterocycles. The molecule has 0 saturated heterocycles. The first-order chi connectivity index (χ1) is 8.59. The van der Waals surface area contributed by atoms with E-state index in [-0.39, 0.29) is 12.0 Å². The fraction of sp³-hybridized carbons (Fsp3) is 0.500. The SMILES string of the molecule is CC(C)OCCCCNC(=O)c1ccc(S)cc1. The van der Waals surface area contributed by atoms with E-state index in [2.05, 4.69) is 17.9 Å². The van der Waals surface area contributed by atoms with E-state index in [0.717, 1.165) is 24.3 Å². The Bertz CT molecular complexity index is 363. The van der Waals surface area contributed by atoms with Crippen molar-refractivity contribution in [2.24, 2.45) is 0 Å². The van der Waals surface area contributed by atoms with Gasteiger partial charge in [-0.1, -0.05) is 0 Å². The van der Waals surface area contributed by atoms with E-state index in [9.17, 15) is 4.79 Å². The number of rotatable bonds is 7. The maximum Gasteiger partial charge on any atom is 0.251 e. The Balaban J connectivity index is 2.16. The second-order valence-electron chi connectivity index (χ2n) is 4.43. The predicted octanol–water partition coefficient (Wildman–Crippen LogP) is 2.91. The Morgan fingerprint density at radius 1 is 1.28 bits per heavy atom. The minimum atomic E-state index is -0.0342. The molecule has 4 heteroatoms. The minimum Gasteiger partial charge on any atom is -0.379 e. The molecule has 0 bridgehead atoms. The van der Waals surface area contributed by atoms with E-state index >= 15 is 0 Å². The van der Waals surface area contributed by atoms with E-state index in [4.69, 9.17) is 4.74 Å². The molecule has 0 aliphatic carbocycles. The van der Waals surface area contributed by atoms with Crippen molar-refractivity contribution in [1.29, 1.82) is 0 Å². The van der Waals surface area contributed by atoms with Crippen molar-refractivity contribution in [2.45, 2.75) is 37.7 Å². The zero-order valence-electron chi connectivity index (χ0n) is 11.0. The summed E-state index contributed by atoms with van der Waals surface area (Å²) in [4.78, 5) is 12.6. The number of nitrogens with one attached hydrogen (secondary N) is 1. The van der Waals surface area contributed by atoms with Gasteiger partial charge in [0, 0.05) is 23.6 Å². The van der Waals surface area contributed by atoms with Crippen LogP contribution in [0.1, 0.15) is 37.0 Å². The second-order valence-corrected chi connectivity index (χ2v) is 4.95. The first-order valence-corrected chi connectivity index (χ1v) is 6.73. The van der Waals surface area contributed by atoms with Gasteiger partial charge in [0.05, 0.1) is 6.10 Å². The van der Waals surface area contributed by atoms with E-state index in [1.807, 2.05) is 26.0 Å². The van der Waals surface area contributed by atoms with E-state index in [1.165, 1.54) is 0 Å². The molecular weight excluding hydrogens is 246 g/mol. The Labute approximate surface area is 114 Å². The van der Waals surface area contributed by atoms with Crippen LogP contribution in [0.3, 0.4) is 0 Å². The summed E-state index contributed by atoms with van der Waals surface area (Å²) in [5.74, 6) is -0.0342. The molecule has 1 aromatic carbocycles. The molecule has 1 amide bonds. The molecule has 1 rings (SSSR count). The molecule has 0 unspecified atom stereocenters. The van der Waals surface area contributed by atoms with Gasteiger partial charge in [0.15, 0.2) is 0 Å². The van der Waals surface area contributed by atoms with Gasteiger partial charge >= 0.3 is 0 Å². The van der Waals surface area contributed by atoms with Crippen LogP contribution in [0.2, 0.25) is 0 Å². The smallest absolute Gasteiger partial charge is 0.251 e. The Kier molecular flexibility index (Phi) is 6.83. The van der Waals surface area contributed by atoms with Gasteiger partial charge in [0.1, 0.15) is 0 Å². The summed E-state index contributed by atoms with van der Waals surface area (Å²) in [6, 6.07) is 7.18. The highest BCUT2D eigenvalue weighted by molar-refractivity contribution is 7.80. The molecule has 18 heavy (non-hydrogen) atoms. The van der Waals surface area contributed by atoms with Gasteiger partial charge in [-0.2, -0.15) is 0 Å². The van der Waals surface area contributed by atoms with Crippen LogP contribution in [-0.2, 0) is 4.74 Å². The lowest BCUT2D eigenvalue weighted by Gasteiger charge is -2.08. The monoisotopic (exact) mass is 267 g/mol. The molecular formula is C14H21NO2S. The van der Waals surface area contributed by atoms with Crippen molar-refractivity contribution in [1.82, 2.24) is 5.32 Å². The van der Waals surface area contributed by atoms with Gasteiger partial charge in [-0.3, -0.25) is 4.79 Å². The van der Waals surface area contributed by atoms with E-state index in [1.54, 1.807) is 12.1 Å². The molecule has 0 aliphatic rings. The summed E-state index contributed by atoms with van der Waals surface area (Å²) < 4.78 is 5.43. The van der Waals surface area contributed by atoms with Crippen LogP contribution in [0.5, 0.6) is 0 Å². The number of thiol groups is 1. The summed E-state index contributed by atoms with van der Waals surface area (Å²) in [5, 5.41) is 2.89. The van der Waals surface area contributed by atoms with Gasteiger partial charge in [0.25, 0.3) is 5.91 Å². The number of ether oxygens (including phenoxy) is 1. The summed E-state index contributed by atoms with van der Waals surface area (Å²) in [6.45, 7) is 5.48. The van der Waals surface area contributed by atoms with Gasteiger partial charge in [-0.15, -0.1) is 12.6 Å². The average molecular weight is 267 g/mol. The number of carbonyl (C=O) groups is 1. The maximum atomic E-state index is 11.7. The van der Waals surface area contributed by atoms with Crippen molar-refractivity contribution in [3.05, 3.63) is 29.8 Å². The Morgan fingerprint density at radius 2 is 1.94 bits per heavy atom. The Morgan fingerprint density at radius 3 is 2.56 bits per heavy atom. The van der Waals surface area contributed by atoms with E-state index in [0.29, 0.717) is 12.1 Å². The average Bonchev–Trinajstić information content (AvgIpc) is 2.34. The molecule has 0 aromatic heterocycles.